The maximum absolute atomic E-state index is 12.5. The molecule has 0 aliphatic heterocycles. The summed E-state index contributed by atoms with van der Waals surface area (Å²) in [6.45, 7) is 1.82. The predicted molar refractivity (Wildman–Crippen MR) is 88.9 cm³/mol. The van der Waals surface area contributed by atoms with Gasteiger partial charge in [0.25, 0.3) is 5.56 Å². The fourth-order valence-corrected chi connectivity index (χ4v) is 2.88. The number of amides is 1. The molecule has 5 nitrogen and oxygen atoms in total. The van der Waals surface area contributed by atoms with Gasteiger partial charge in [0.15, 0.2) is 0 Å². The van der Waals surface area contributed by atoms with Gasteiger partial charge in [-0.3, -0.25) is 9.59 Å². The molecule has 1 saturated carbocycles. The number of pyridine rings is 1. The quantitative estimate of drug-likeness (QED) is 0.943. The van der Waals surface area contributed by atoms with Crippen molar-refractivity contribution in [3.63, 3.8) is 0 Å². The molecule has 5 heteroatoms. The SMILES string of the molecule is COc1ccccc1C1CC1C(=O)Nc1cn(C)c(=O)cc1C. The molecule has 1 N–H and O–H groups in total. The zero-order valence-corrected chi connectivity index (χ0v) is 13.5. The fraction of sp³-hybridized carbons (Fsp3) is 0.333. The van der Waals surface area contributed by atoms with E-state index in [2.05, 4.69) is 5.32 Å². The molecular formula is C18H20N2O3. The Balaban J connectivity index is 1.74. The van der Waals surface area contributed by atoms with E-state index in [1.165, 1.54) is 10.6 Å². The van der Waals surface area contributed by atoms with Crippen LogP contribution in [0.1, 0.15) is 23.5 Å². The van der Waals surface area contributed by atoms with Crippen molar-refractivity contribution in [1.82, 2.24) is 4.57 Å². The first-order valence-corrected chi connectivity index (χ1v) is 7.62. The number of hydrogen-bond donors (Lipinski definition) is 1. The zero-order valence-electron chi connectivity index (χ0n) is 13.5. The minimum absolute atomic E-state index is 0.0114. The van der Waals surface area contributed by atoms with E-state index < -0.39 is 0 Å². The highest BCUT2D eigenvalue weighted by molar-refractivity contribution is 5.95. The number of hydrogen-bond acceptors (Lipinski definition) is 3. The largest absolute Gasteiger partial charge is 0.496 e. The molecule has 1 fully saturated rings. The molecule has 23 heavy (non-hydrogen) atoms. The summed E-state index contributed by atoms with van der Waals surface area (Å²) in [7, 11) is 3.32. The molecular weight excluding hydrogens is 292 g/mol. The Morgan fingerprint density at radius 1 is 1.35 bits per heavy atom. The summed E-state index contributed by atoms with van der Waals surface area (Å²) in [4.78, 5) is 24.0. The summed E-state index contributed by atoms with van der Waals surface area (Å²) >= 11 is 0. The molecule has 120 valence electrons. The molecule has 2 aromatic rings. The van der Waals surface area contributed by atoms with Crippen LogP contribution >= 0.6 is 0 Å². The molecule has 0 spiro atoms. The summed E-state index contributed by atoms with van der Waals surface area (Å²) in [5.41, 5.74) is 2.45. The number of benzene rings is 1. The molecule has 3 rings (SSSR count). The molecule has 1 amide bonds. The Bertz CT molecular complexity index is 810. The second-order valence-electron chi connectivity index (χ2n) is 6.00. The maximum atomic E-state index is 12.5. The predicted octanol–water partition coefficient (Wildman–Crippen LogP) is 2.44. The lowest BCUT2D eigenvalue weighted by Gasteiger charge is -2.10. The molecule has 0 bridgehead atoms. The van der Waals surface area contributed by atoms with Crippen LogP contribution in [0, 0.1) is 12.8 Å². The van der Waals surface area contributed by atoms with Crippen molar-refractivity contribution in [3.8, 4) is 5.75 Å². The highest BCUT2D eigenvalue weighted by atomic mass is 16.5. The first-order chi connectivity index (χ1) is 11.0. The number of nitrogens with zero attached hydrogens (tertiary/aromatic N) is 1. The second-order valence-corrected chi connectivity index (χ2v) is 6.00. The Hall–Kier alpha value is -2.56. The van der Waals surface area contributed by atoms with Crippen LogP contribution in [0.4, 0.5) is 5.69 Å². The van der Waals surface area contributed by atoms with Gasteiger partial charge in [0.2, 0.25) is 5.91 Å². The first kappa shape index (κ1) is 15.3. The Kier molecular flexibility index (Phi) is 3.94. The number of para-hydroxylation sites is 1. The third-order valence-corrected chi connectivity index (χ3v) is 4.36. The van der Waals surface area contributed by atoms with E-state index in [0.29, 0.717) is 5.69 Å². The second kappa shape index (κ2) is 5.91. The van der Waals surface area contributed by atoms with E-state index >= 15 is 0 Å². The average molecular weight is 312 g/mol. The van der Waals surface area contributed by atoms with E-state index in [4.69, 9.17) is 4.74 Å². The number of ether oxygens (including phenoxy) is 1. The third-order valence-electron chi connectivity index (χ3n) is 4.36. The van der Waals surface area contributed by atoms with E-state index in [9.17, 15) is 9.59 Å². The lowest BCUT2D eigenvalue weighted by molar-refractivity contribution is -0.117. The minimum Gasteiger partial charge on any atom is -0.496 e. The van der Waals surface area contributed by atoms with Gasteiger partial charge in [-0.1, -0.05) is 18.2 Å². The summed E-state index contributed by atoms with van der Waals surface area (Å²) < 4.78 is 6.84. The van der Waals surface area contributed by atoms with Gasteiger partial charge in [0.1, 0.15) is 5.75 Å². The van der Waals surface area contributed by atoms with Crippen LogP contribution in [-0.4, -0.2) is 17.6 Å². The standard InChI is InChI=1S/C18H20N2O3/c1-11-8-17(21)20(2)10-15(11)19-18(22)14-9-13(14)12-6-4-5-7-16(12)23-3/h4-8,10,13-14H,9H2,1-3H3,(H,19,22). The molecule has 2 atom stereocenters. The van der Waals surface area contributed by atoms with Gasteiger partial charge in [-0.2, -0.15) is 0 Å². The van der Waals surface area contributed by atoms with Crippen molar-refractivity contribution in [3.05, 3.63) is 58.0 Å². The van der Waals surface area contributed by atoms with Gasteiger partial charge in [-0.15, -0.1) is 0 Å². The fourth-order valence-electron chi connectivity index (χ4n) is 2.88. The topological polar surface area (TPSA) is 60.3 Å². The van der Waals surface area contributed by atoms with Gasteiger partial charge in [-0.25, -0.2) is 0 Å². The van der Waals surface area contributed by atoms with E-state index in [1.54, 1.807) is 20.4 Å². The smallest absolute Gasteiger partial charge is 0.250 e. The highest BCUT2D eigenvalue weighted by Gasteiger charge is 2.45. The summed E-state index contributed by atoms with van der Waals surface area (Å²) in [5.74, 6) is 0.954. The molecule has 1 aromatic carbocycles. The number of carbonyl (C=O) groups excluding carboxylic acids is 1. The van der Waals surface area contributed by atoms with Gasteiger partial charge in [0.05, 0.1) is 12.8 Å². The Labute approximate surface area is 134 Å². The monoisotopic (exact) mass is 312 g/mol. The summed E-state index contributed by atoms with van der Waals surface area (Å²) in [5, 5.41) is 2.94. The summed E-state index contributed by atoms with van der Waals surface area (Å²) in [6, 6.07) is 9.34. The van der Waals surface area contributed by atoms with Crippen molar-refractivity contribution in [1.29, 1.82) is 0 Å². The number of aryl methyl sites for hydroxylation is 2. The third kappa shape index (κ3) is 2.99. The molecule has 0 radical (unpaired) electrons. The van der Waals surface area contributed by atoms with Crippen molar-refractivity contribution in [2.45, 2.75) is 19.3 Å². The molecule has 1 heterocycles. The van der Waals surface area contributed by atoms with E-state index in [0.717, 1.165) is 23.3 Å². The molecule has 1 aliphatic rings. The van der Waals surface area contributed by atoms with Crippen LogP contribution < -0.4 is 15.6 Å². The number of nitrogens with one attached hydrogen (secondary N) is 1. The van der Waals surface area contributed by atoms with E-state index in [1.807, 2.05) is 31.2 Å². The normalized spacial score (nSPS) is 19.3. The van der Waals surface area contributed by atoms with Crippen molar-refractivity contribution >= 4 is 11.6 Å². The number of rotatable bonds is 4. The lowest BCUT2D eigenvalue weighted by Crippen LogP contribution is -2.20. The molecule has 1 aromatic heterocycles. The van der Waals surface area contributed by atoms with Gasteiger partial charge in [-0.05, 0) is 36.5 Å². The number of aromatic nitrogens is 1. The van der Waals surface area contributed by atoms with E-state index in [-0.39, 0.29) is 23.3 Å². The van der Waals surface area contributed by atoms with Gasteiger partial charge >= 0.3 is 0 Å². The molecule has 1 aliphatic carbocycles. The Morgan fingerprint density at radius 3 is 2.83 bits per heavy atom. The Morgan fingerprint density at radius 2 is 2.09 bits per heavy atom. The zero-order chi connectivity index (χ0) is 16.6. The summed E-state index contributed by atoms with van der Waals surface area (Å²) in [6.07, 6.45) is 2.48. The van der Waals surface area contributed by atoms with Crippen LogP contribution in [0.25, 0.3) is 0 Å². The minimum atomic E-state index is -0.0844. The van der Waals surface area contributed by atoms with Crippen LogP contribution in [0.3, 0.4) is 0 Å². The number of methoxy groups -OCH3 is 1. The van der Waals surface area contributed by atoms with Crippen LogP contribution in [0.5, 0.6) is 5.75 Å². The lowest BCUT2D eigenvalue weighted by atomic mass is 10.1. The highest BCUT2D eigenvalue weighted by Crippen LogP contribution is 2.50. The van der Waals surface area contributed by atoms with Crippen molar-refractivity contribution in [2.24, 2.45) is 13.0 Å². The molecule has 2 unspecified atom stereocenters. The van der Waals surface area contributed by atoms with Crippen molar-refractivity contribution in [2.75, 3.05) is 12.4 Å². The van der Waals surface area contributed by atoms with Crippen LogP contribution in [0.2, 0.25) is 0 Å². The van der Waals surface area contributed by atoms with Crippen LogP contribution in [-0.2, 0) is 11.8 Å². The van der Waals surface area contributed by atoms with Gasteiger partial charge < -0.3 is 14.6 Å². The van der Waals surface area contributed by atoms with Crippen LogP contribution in [0.15, 0.2) is 41.3 Å². The maximum Gasteiger partial charge on any atom is 0.250 e. The number of anilines is 1. The van der Waals surface area contributed by atoms with Gasteiger partial charge in [0, 0.05) is 25.2 Å². The first-order valence-electron chi connectivity index (χ1n) is 7.62. The molecule has 0 saturated heterocycles. The van der Waals surface area contributed by atoms with Crippen molar-refractivity contribution < 1.29 is 9.53 Å². The number of carbonyl (C=O) groups is 1. The average Bonchev–Trinajstić information content (AvgIpc) is 3.33.